The van der Waals surface area contributed by atoms with Crippen LogP contribution in [0.3, 0.4) is 0 Å². The van der Waals surface area contributed by atoms with Gasteiger partial charge in [0.1, 0.15) is 0 Å². The van der Waals surface area contributed by atoms with Crippen molar-refractivity contribution in [3.63, 3.8) is 0 Å². The summed E-state index contributed by atoms with van der Waals surface area (Å²) in [6, 6.07) is 7.37. The van der Waals surface area contributed by atoms with Crippen molar-refractivity contribution in [1.29, 1.82) is 0 Å². The molecule has 0 aliphatic heterocycles. The molecule has 0 spiro atoms. The van der Waals surface area contributed by atoms with E-state index in [2.05, 4.69) is 35.7 Å². The summed E-state index contributed by atoms with van der Waals surface area (Å²) in [5.41, 5.74) is 0.806. The number of hydrogen-bond donors (Lipinski definition) is 2. The van der Waals surface area contributed by atoms with Crippen molar-refractivity contribution in [3.8, 4) is 11.6 Å². The van der Waals surface area contributed by atoms with E-state index in [0.29, 0.717) is 17.0 Å². The summed E-state index contributed by atoms with van der Waals surface area (Å²) in [4.78, 5) is 19.0. The zero-order valence-electron chi connectivity index (χ0n) is 9.40. The topological polar surface area (TPSA) is 118 Å². The van der Waals surface area contributed by atoms with E-state index in [1.165, 1.54) is 4.52 Å². The fourth-order valence-corrected chi connectivity index (χ4v) is 1.94. The van der Waals surface area contributed by atoms with Gasteiger partial charge in [0.05, 0.1) is 5.52 Å². The van der Waals surface area contributed by atoms with Gasteiger partial charge < -0.3 is 4.98 Å². The number of benzene rings is 1. The molecule has 92 valence electrons. The van der Waals surface area contributed by atoms with Crippen LogP contribution < -0.4 is 5.69 Å². The monoisotopic (exact) mass is 254 g/mol. The summed E-state index contributed by atoms with van der Waals surface area (Å²) < 4.78 is 1.19. The first-order valence-corrected chi connectivity index (χ1v) is 5.45. The van der Waals surface area contributed by atoms with Crippen LogP contribution in [0.2, 0.25) is 0 Å². The summed E-state index contributed by atoms with van der Waals surface area (Å²) in [7, 11) is 0. The third-order valence-electron chi connectivity index (χ3n) is 2.77. The lowest BCUT2D eigenvalue weighted by atomic mass is 10.2. The van der Waals surface area contributed by atoms with Crippen LogP contribution in [0.15, 0.2) is 29.1 Å². The maximum Gasteiger partial charge on any atom is 0.348 e. The van der Waals surface area contributed by atoms with Crippen molar-refractivity contribution >= 4 is 16.6 Å². The van der Waals surface area contributed by atoms with E-state index < -0.39 is 0 Å². The Morgan fingerprint density at radius 1 is 1.21 bits per heavy atom. The number of hydrogen-bond acceptors (Lipinski definition) is 6. The Bertz CT molecular complexity index is 935. The first-order chi connectivity index (χ1) is 9.33. The van der Waals surface area contributed by atoms with Crippen molar-refractivity contribution in [2.75, 3.05) is 0 Å². The molecule has 0 aliphatic rings. The number of aromatic nitrogens is 8. The van der Waals surface area contributed by atoms with Gasteiger partial charge in [-0.25, -0.2) is 14.9 Å². The lowest BCUT2D eigenvalue weighted by molar-refractivity contribution is 0.881. The van der Waals surface area contributed by atoms with Gasteiger partial charge in [-0.05, 0) is 22.6 Å². The van der Waals surface area contributed by atoms with Gasteiger partial charge >= 0.3 is 5.69 Å². The standard InChI is InChI=1S/C10H6N8O/c19-10-11-6-4-2-1-3-5(6)9-12-7(15-18(9)10)8-13-16-17-14-8/h1-4H,(H,11,19)(H,13,14,16,17). The fourth-order valence-electron chi connectivity index (χ4n) is 1.94. The van der Waals surface area contributed by atoms with Gasteiger partial charge in [-0.3, -0.25) is 0 Å². The summed E-state index contributed by atoms with van der Waals surface area (Å²) in [6.45, 7) is 0. The van der Waals surface area contributed by atoms with E-state index in [0.717, 1.165) is 5.39 Å². The molecule has 0 saturated heterocycles. The molecular weight excluding hydrogens is 248 g/mol. The van der Waals surface area contributed by atoms with Crippen LogP contribution in [0.25, 0.3) is 28.2 Å². The molecule has 0 radical (unpaired) electrons. The van der Waals surface area contributed by atoms with E-state index in [4.69, 9.17) is 0 Å². The first kappa shape index (κ1) is 9.88. The molecule has 0 fully saturated rings. The van der Waals surface area contributed by atoms with Crippen molar-refractivity contribution < 1.29 is 0 Å². The SMILES string of the molecule is O=c1[nH]c2ccccc2c2nc(-c3nnn[nH]3)nn12. The summed E-state index contributed by atoms with van der Waals surface area (Å²) >= 11 is 0. The van der Waals surface area contributed by atoms with E-state index in [9.17, 15) is 4.79 Å². The van der Waals surface area contributed by atoms with E-state index in [1.807, 2.05) is 18.2 Å². The first-order valence-electron chi connectivity index (χ1n) is 5.45. The van der Waals surface area contributed by atoms with Gasteiger partial charge in [0.15, 0.2) is 5.65 Å². The molecule has 4 rings (SSSR count). The molecule has 9 nitrogen and oxygen atoms in total. The van der Waals surface area contributed by atoms with Crippen molar-refractivity contribution in [2.45, 2.75) is 0 Å². The maximum atomic E-state index is 11.9. The molecule has 9 heteroatoms. The number of nitrogens with one attached hydrogen (secondary N) is 2. The molecule has 3 aromatic heterocycles. The van der Waals surface area contributed by atoms with Crippen LogP contribution in [-0.4, -0.2) is 40.2 Å². The largest absolute Gasteiger partial charge is 0.348 e. The third kappa shape index (κ3) is 1.35. The summed E-state index contributed by atoms with van der Waals surface area (Å²) in [5.74, 6) is 0.582. The molecular formula is C10H6N8O. The van der Waals surface area contributed by atoms with Gasteiger partial charge in [-0.1, -0.05) is 12.1 Å². The molecule has 0 amide bonds. The van der Waals surface area contributed by atoms with E-state index >= 15 is 0 Å². The molecule has 1 aromatic carbocycles. The van der Waals surface area contributed by atoms with E-state index in [1.54, 1.807) is 6.07 Å². The molecule has 0 saturated carbocycles. The third-order valence-corrected chi connectivity index (χ3v) is 2.77. The van der Waals surface area contributed by atoms with Crippen LogP contribution in [0.4, 0.5) is 0 Å². The van der Waals surface area contributed by atoms with Gasteiger partial charge in [0.2, 0.25) is 11.6 Å². The Labute approximate surface area is 104 Å². The molecule has 3 heterocycles. The van der Waals surface area contributed by atoms with Crippen LogP contribution in [0.1, 0.15) is 0 Å². The highest BCUT2D eigenvalue weighted by atomic mass is 16.1. The van der Waals surface area contributed by atoms with Crippen LogP contribution in [0, 0.1) is 0 Å². The van der Waals surface area contributed by atoms with Crippen molar-refractivity contribution in [2.24, 2.45) is 0 Å². The minimum Gasteiger partial charge on any atom is -0.305 e. The van der Waals surface area contributed by atoms with Crippen LogP contribution in [0.5, 0.6) is 0 Å². The summed E-state index contributed by atoms with van der Waals surface area (Å²) in [6.07, 6.45) is 0. The minimum absolute atomic E-state index is 0.270. The Morgan fingerprint density at radius 2 is 2.11 bits per heavy atom. The Morgan fingerprint density at radius 3 is 2.95 bits per heavy atom. The number of para-hydroxylation sites is 1. The number of H-pyrrole nitrogens is 2. The number of rotatable bonds is 1. The fraction of sp³-hybridized carbons (Fsp3) is 0. The van der Waals surface area contributed by atoms with Crippen LogP contribution in [-0.2, 0) is 0 Å². The second-order valence-electron chi connectivity index (χ2n) is 3.90. The second-order valence-corrected chi connectivity index (χ2v) is 3.90. The normalized spacial score (nSPS) is 11.4. The average Bonchev–Trinajstić information content (AvgIpc) is 3.08. The van der Waals surface area contributed by atoms with Crippen molar-refractivity contribution in [1.82, 2.24) is 40.2 Å². The lowest BCUT2D eigenvalue weighted by Crippen LogP contribution is -2.17. The number of fused-ring (bicyclic) bond motifs is 3. The highest BCUT2D eigenvalue weighted by Crippen LogP contribution is 2.16. The van der Waals surface area contributed by atoms with Crippen LogP contribution >= 0.6 is 0 Å². The highest BCUT2D eigenvalue weighted by Gasteiger charge is 2.13. The van der Waals surface area contributed by atoms with E-state index in [-0.39, 0.29) is 11.5 Å². The highest BCUT2D eigenvalue weighted by molar-refractivity contribution is 5.91. The molecule has 4 aromatic rings. The van der Waals surface area contributed by atoms with Gasteiger partial charge in [-0.15, -0.1) is 10.2 Å². The molecule has 0 atom stereocenters. The predicted molar refractivity (Wildman–Crippen MR) is 64.3 cm³/mol. The van der Waals surface area contributed by atoms with Crippen molar-refractivity contribution in [3.05, 3.63) is 34.7 Å². The molecule has 2 N–H and O–H groups in total. The minimum atomic E-state index is -0.361. The predicted octanol–water partition coefficient (Wildman–Crippen LogP) is -0.249. The summed E-state index contributed by atoms with van der Waals surface area (Å²) in [5, 5.41) is 18.1. The number of tetrazole rings is 1. The molecule has 0 unspecified atom stereocenters. The zero-order chi connectivity index (χ0) is 12.8. The van der Waals surface area contributed by atoms with Gasteiger partial charge in [-0.2, -0.15) is 4.52 Å². The molecule has 19 heavy (non-hydrogen) atoms. The Balaban J connectivity index is 2.16. The maximum absolute atomic E-state index is 11.9. The second kappa shape index (κ2) is 3.45. The smallest absolute Gasteiger partial charge is 0.305 e. The lowest BCUT2D eigenvalue weighted by Gasteiger charge is -1.97. The average molecular weight is 254 g/mol. The Kier molecular flexibility index (Phi) is 1.79. The number of aromatic amines is 2. The number of nitrogens with zero attached hydrogens (tertiary/aromatic N) is 6. The Hall–Kier alpha value is -3.10. The van der Waals surface area contributed by atoms with Gasteiger partial charge in [0, 0.05) is 5.39 Å². The van der Waals surface area contributed by atoms with Gasteiger partial charge in [0.25, 0.3) is 0 Å². The zero-order valence-corrected chi connectivity index (χ0v) is 9.40. The quantitative estimate of drug-likeness (QED) is 0.483. The molecule has 0 bridgehead atoms. The molecule has 0 aliphatic carbocycles.